The van der Waals surface area contributed by atoms with Crippen LogP contribution in [0.3, 0.4) is 0 Å². The summed E-state index contributed by atoms with van der Waals surface area (Å²) in [6.45, 7) is 7.29. The second-order valence-corrected chi connectivity index (χ2v) is 7.98. The molecule has 0 spiro atoms. The average molecular weight is 442 g/mol. The van der Waals surface area contributed by atoms with Gasteiger partial charge in [-0.1, -0.05) is 22.8 Å². The minimum absolute atomic E-state index is 0.00790. The van der Waals surface area contributed by atoms with Gasteiger partial charge in [-0.3, -0.25) is 9.69 Å². The quantitative estimate of drug-likeness (QED) is 0.542. The number of hydrogen-bond acceptors (Lipinski definition) is 7. The van der Waals surface area contributed by atoms with E-state index in [0.717, 1.165) is 36.5 Å². The molecule has 162 valence electrons. The van der Waals surface area contributed by atoms with Crippen LogP contribution in [-0.2, 0) is 17.8 Å². The van der Waals surface area contributed by atoms with E-state index in [1.807, 2.05) is 30.0 Å². The van der Waals surface area contributed by atoms with E-state index in [4.69, 9.17) is 20.5 Å². The Morgan fingerprint density at radius 2 is 2.00 bits per heavy atom. The first-order valence-electron chi connectivity index (χ1n) is 10.1. The number of halogens is 1. The number of aryl methyl sites for hydroxylation is 2. The summed E-state index contributed by atoms with van der Waals surface area (Å²) < 4.78 is 10.5. The van der Waals surface area contributed by atoms with Crippen LogP contribution in [0.4, 0.5) is 0 Å². The van der Waals surface area contributed by atoms with Gasteiger partial charge in [0.25, 0.3) is 0 Å². The molecule has 0 N–H and O–H groups in total. The van der Waals surface area contributed by atoms with Gasteiger partial charge in [0.15, 0.2) is 11.7 Å². The van der Waals surface area contributed by atoms with Crippen LogP contribution < -0.4 is 0 Å². The average Bonchev–Trinajstić information content (AvgIpc) is 3.35. The third-order valence-corrected chi connectivity index (χ3v) is 5.39. The van der Waals surface area contributed by atoms with Gasteiger partial charge in [0.1, 0.15) is 6.26 Å². The van der Waals surface area contributed by atoms with Crippen LogP contribution in [0, 0.1) is 13.8 Å². The number of rotatable bonds is 6. The molecular weight excluding hydrogens is 418 g/mol. The van der Waals surface area contributed by atoms with Crippen molar-refractivity contribution >= 4 is 23.6 Å². The second-order valence-electron chi connectivity index (χ2n) is 7.55. The molecule has 1 aromatic carbocycles. The summed E-state index contributed by atoms with van der Waals surface area (Å²) in [4.78, 5) is 25.4. The van der Waals surface area contributed by atoms with E-state index in [0.29, 0.717) is 42.1 Å². The molecule has 0 saturated carbocycles. The molecule has 9 heteroatoms. The number of piperazine rings is 1. The number of nitrogens with zero attached hydrogens (tertiary/aromatic N) is 5. The van der Waals surface area contributed by atoms with Crippen LogP contribution in [0.15, 0.2) is 39.5 Å². The van der Waals surface area contributed by atoms with Gasteiger partial charge in [0.05, 0.1) is 12.1 Å². The Kier molecular flexibility index (Phi) is 6.48. The van der Waals surface area contributed by atoms with Gasteiger partial charge in [0, 0.05) is 50.7 Å². The first kappa shape index (κ1) is 21.3. The summed E-state index contributed by atoms with van der Waals surface area (Å²) in [5.74, 6) is 1.76. The van der Waals surface area contributed by atoms with Gasteiger partial charge < -0.3 is 13.8 Å². The van der Waals surface area contributed by atoms with E-state index in [1.54, 1.807) is 25.3 Å². The lowest BCUT2D eigenvalue weighted by atomic mass is 10.0. The van der Waals surface area contributed by atoms with Crippen LogP contribution in [0.25, 0.3) is 6.08 Å². The van der Waals surface area contributed by atoms with Gasteiger partial charge in [-0.15, -0.1) is 0 Å². The van der Waals surface area contributed by atoms with Crippen molar-refractivity contribution in [1.82, 2.24) is 24.9 Å². The fourth-order valence-electron chi connectivity index (χ4n) is 3.57. The zero-order valence-corrected chi connectivity index (χ0v) is 18.3. The molecule has 3 aromatic rings. The monoisotopic (exact) mass is 441 g/mol. The van der Waals surface area contributed by atoms with Crippen LogP contribution in [0.1, 0.15) is 34.4 Å². The predicted molar refractivity (Wildman–Crippen MR) is 115 cm³/mol. The lowest BCUT2D eigenvalue weighted by Crippen LogP contribution is -2.47. The third-order valence-electron chi connectivity index (χ3n) is 5.16. The summed E-state index contributed by atoms with van der Waals surface area (Å²) in [7, 11) is 0. The standard InChI is InChI=1S/C22H24ClN5O3/c1-15-24-21(31-26-15)12-18-11-19(23)5-3-17(18)4-6-22(29)28-9-7-27(8-10-28)13-20-14-30-16(2)25-20/h3-6,11,14H,7-10,12-13H2,1-2H3/b6-4+. The molecule has 31 heavy (non-hydrogen) atoms. The maximum atomic E-state index is 12.7. The lowest BCUT2D eigenvalue weighted by Gasteiger charge is -2.33. The van der Waals surface area contributed by atoms with E-state index in [-0.39, 0.29) is 5.91 Å². The zero-order chi connectivity index (χ0) is 21.8. The Bertz CT molecular complexity index is 1080. The molecule has 0 unspecified atom stereocenters. The van der Waals surface area contributed by atoms with Crippen molar-refractivity contribution in [2.45, 2.75) is 26.8 Å². The minimum Gasteiger partial charge on any atom is -0.449 e. The smallest absolute Gasteiger partial charge is 0.246 e. The molecule has 1 amide bonds. The lowest BCUT2D eigenvalue weighted by molar-refractivity contribution is -0.127. The molecule has 2 aromatic heterocycles. The topological polar surface area (TPSA) is 88.5 Å². The van der Waals surface area contributed by atoms with E-state index in [1.165, 1.54) is 0 Å². The van der Waals surface area contributed by atoms with Gasteiger partial charge >= 0.3 is 0 Å². The van der Waals surface area contributed by atoms with Crippen molar-refractivity contribution in [3.8, 4) is 0 Å². The Morgan fingerprint density at radius 3 is 2.68 bits per heavy atom. The number of carbonyl (C=O) groups excluding carboxylic acids is 1. The molecule has 1 saturated heterocycles. The van der Waals surface area contributed by atoms with Crippen LogP contribution >= 0.6 is 11.6 Å². The summed E-state index contributed by atoms with van der Waals surface area (Å²) in [5, 5.41) is 4.44. The van der Waals surface area contributed by atoms with Crippen molar-refractivity contribution in [2.75, 3.05) is 26.2 Å². The molecule has 3 heterocycles. The first-order chi connectivity index (χ1) is 15.0. The van der Waals surface area contributed by atoms with Crippen LogP contribution in [-0.4, -0.2) is 57.0 Å². The molecule has 8 nitrogen and oxygen atoms in total. The Hall–Kier alpha value is -2.97. The summed E-state index contributed by atoms with van der Waals surface area (Å²) >= 11 is 6.16. The van der Waals surface area contributed by atoms with Crippen molar-refractivity contribution in [3.63, 3.8) is 0 Å². The highest BCUT2D eigenvalue weighted by Crippen LogP contribution is 2.20. The van der Waals surface area contributed by atoms with Crippen molar-refractivity contribution < 1.29 is 13.7 Å². The predicted octanol–water partition coefficient (Wildman–Crippen LogP) is 3.28. The highest BCUT2D eigenvalue weighted by atomic mass is 35.5. The molecular formula is C22H24ClN5O3. The highest BCUT2D eigenvalue weighted by Gasteiger charge is 2.20. The van der Waals surface area contributed by atoms with Crippen LogP contribution in [0.2, 0.25) is 5.02 Å². The van der Waals surface area contributed by atoms with Gasteiger partial charge in [0.2, 0.25) is 11.8 Å². The summed E-state index contributed by atoms with van der Waals surface area (Å²) in [6.07, 6.45) is 5.58. The molecule has 1 aliphatic heterocycles. The molecule has 4 rings (SSSR count). The summed E-state index contributed by atoms with van der Waals surface area (Å²) in [5.41, 5.74) is 2.74. The van der Waals surface area contributed by atoms with Gasteiger partial charge in [-0.2, -0.15) is 4.98 Å². The van der Waals surface area contributed by atoms with Crippen LogP contribution in [0.5, 0.6) is 0 Å². The molecule has 0 aliphatic carbocycles. The van der Waals surface area contributed by atoms with Crippen molar-refractivity contribution in [3.05, 3.63) is 70.0 Å². The first-order valence-corrected chi connectivity index (χ1v) is 10.5. The number of oxazole rings is 1. The number of benzene rings is 1. The molecule has 0 radical (unpaired) electrons. The fraction of sp³-hybridized carbons (Fsp3) is 0.364. The Morgan fingerprint density at radius 1 is 1.19 bits per heavy atom. The molecule has 1 aliphatic rings. The number of carbonyl (C=O) groups is 1. The van der Waals surface area contributed by atoms with E-state index >= 15 is 0 Å². The van der Waals surface area contributed by atoms with E-state index in [9.17, 15) is 4.79 Å². The second kappa shape index (κ2) is 9.45. The summed E-state index contributed by atoms with van der Waals surface area (Å²) in [6, 6.07) is 5.55. The van der Waals surface area contributed by atoms with Crippen molar-refractivity contribution in [2.24, 2.45) is 0 Å². The third kappa shape index (κ3) is 5.59. The molecule has 1 fully saturated rings. The Balaban J connectivity index is 1.36. The zero-order valence-electron chi connectivity index (χ0n) is 17.5. The molecule has 0 atom stereocenters. The normalized spacial score (nSPS) is 15.1. The van der Waals surface area contributed by atoms with E-state index in [2.05, 4.69) is 20.0 Å². The highest BCUT2D eigenvalue weighted by molar-refractivity contribution is 6.30. The minimum atomic E-state index is -0.00790. The SMILES string of the molecule is Cc1noc(Cc2cc(Cl)ccc2/C=C/C(=O)N2CCN(Cc3coc(C)n3)CC2)n1. The van der Waals surface area contributed by atoms with Crippen molar-refractivity contribution in [1.29, 1.82) is 0 Å². The number of hydrogen-bond donors (Lipinski definition) is 0. The maximum absolute atomic E-state index is 12.7. The van der Waals surface area contributed by atoms with Gasteiger partial charge in [-0.05, 0) is 36.3 Å². The van der Waals surface area contributed by atoms with E-state index < -0.39 is 0 Å². The number of amides is 1. The largest absolute Gasteiger partial charge is 0.449 e. The molecule has 0 bridgehead atoms. The number of aromatic nitrogens is 3. The van der Waals surface area contributed by atoms with Gasteiger partial charge in [-0.25, -0.2) is 4.98 Å². The Labute approximate surface area is 185 Å². The fourth-order valence-corrected chi connectivity index (χ4v) is 3.76. The maximum Gasteiger partial charge on any atom is 0.246 e.